The molecule has 0 spiro atoms. The average Bonchev–Trinajstić information content (AvgIpc) is 2.29. The van der Waals surface area contributed by atoms with Crippen LogP contribution in [0.5, 0.6) is 0 Å². The van der Waals surface area contributed by atoms with Crippen molar-refractivity contribution >= 4 is 21.6 Å². The van der Waals surface area contributed by atoms with Crippen LogP contribution in [0.25, 0.3) is 0 Å². The van der Waals surface area contributed by atoms with E-state index in [9.17, 15) is 14.9 Å². The molecule has 0 fully saturated rings. The van der Waals surface area contributed by atoms with Crippen molar-refractivity contribution in [2.45, 2.75) is 20.4 Å². The maximum atomic E-state index is 11.8. The molecule has 0 aromatic carbocycles. The van der Waals surface area contributed by atoms with E-state index in [0.717, 1.165) is 0 Å². The van der Waals surface area contributed by atoms with Gasteiger partial charge in [-0.2, -0.15) is 0 Å². The van der Waals surface area contributed by atoms with Gasteiger partial charge in [0.15, 0.2) is 0 Å². The Morgan fingerprint density at radius 1 is 1.65 bits per heavy atom. The molecule has 0 saturated carbocycles. The molecule has 0 aliphatic rings. The normalized spacial score (nSPS) is 12.5. The Kier molecular flexibility index (Phi) is 4.41. The maximum absolute atomic E-state index is 11.8. The smallest absolute Gasteiger partial charge is 0.289 e. The summed E-state index contributed by atoms with van der Waals surface area (Å²) in [7, 11) is 0. The SMILES string of the molecule is Cc1c([N+](=O)[O-])cn(CC(C)CO)c(=O)c1Br. The molecule has 1 atom stereocenters. The maximum Gasteiger partial charge on any atom is 0.289 e. The molecular formula is C10H13BrN2O4. The van der Waals surface area contributed by atoms with Crippen LogP contribution in [0, 0.1) is 23.0 Å². The van der Waals surface area contributed by atoms with Crippen molar-refractivity contribution in [3.63, 3.8) is 0 Å². The molecular weight excluding hydrogens is 292 g/mol. The van der Waals surface area contributed by atoms with Crippen LogP contribution in [0.3, 0.4) is 0 Å². The zero-order valence-corrected chi connectivity index (χ0v) is 11.1. The number of rotatable bonds is 4. The summed E-state index contributed by atoms with van der Waals surface area (Å²) in [6, 6.07) is 0. The van der Waals surface area contributed by atoms with Crippen molar-refractivity contribution in [2.75, 3.05) is 6.61 Å². The van der Waals surface area contributed by atoms with Crippen LogP contribution < -0.4 is 5.56 Å². The molecule has 1 unspecified atom stereocenters. The van der Waals surface area contributed by atoms with Gasteiger partial charge in [0.25, 0.3) is 11.2 Å². The van der Waals surface area contributed by atoms with Crippen LogP contribution in [0.2, 0.25) is 0 Å². The minimum Gasteiger partial charge on any atom is -0.396 e. The summed E-state index contributed by atoms with van der Waals surface area (Å²) in [6.07, 6.45) is 1.22. The van der Waals surface area contributed by atoms with Gasteiger partial charge in [-0.1, -0.05) is 6.92 Å². The Morgan fingerprint density at radius 3 is 2.71 bits per heavy atom. The molecule has 0 amide bonds. The summed E-state index contributed by atoms with van der Waals surface area (Å²) < 4.78 is 1.44. The van der Waals surface area contributed by atoms with E-state index in [1.807, 2.05) is 0 Å². The number of aliphatic hydroxyl groups is 1. The lowest BCUT2D eigenvalue weighted by atomic mass is 10.2. The molecule has 17 heavy (non-hydrogen) atoms. The molecule has 0 saturated heterocycles. The molecule has 0 bridgehead atoms. The summed E-state index contributed by atoms with van der Waals surface area (Å²) in [5.74, 6) is -0.137. The summed E-state index contributed by atoms with van der Waals surface area (Å²) in [6.45, 7) is 3.44. The molecule has 6 nitrogen and oxygen atoms in total. The van der Waals surface area contributed by atoms with Crippen molar-refractivity contribution in [1.29, 1.82) is 0 Å². The van der Waals surface area contributed by atoms with Gasteiger partial charge in [-0.25, -0.2) is 0 Å². The van der Waals surface area contributed by atoms with Gasteiger partial charge in [0, 0.05) is 18.7 Å². The molecule has 1 rings (SSSR count). The molecule has 7 heteroatoms. The van der Waals surface area contributed by atoms with Gasteiger partial charge in [-0.05, 0) is 28.8 Å². The fourth-order valence-electron chi connectivity index (χ4n) is 1.42. The number of nitrogens with zero attached hydrogens (tertiary/aromatic N) is 2. The number of hydrogen-bond acceptors (Lipinski definition) is 4. The Morgan fingerprint density at radius 2 is 2.24 bits per heavy atom. The Hall–Kier alpha value is -1.21. The number of aromatic nitrogens is 1. The summed E-state index contributed by atoms with van der Waals surface area (Å²) in [4.78, 5) is 22.1. The van der Waals surface area contributed by atoms with Gasteiger partial charge >= 0.3 is 0 Å². The summed E-state index contributed by atoms with van der Waals surface area (Å²) in [5, 5.41) is 19.7. The van der Waals surface area contributed by atoms with Crippen molar-refractivity contribution in [3.8, 4) is 0 Å². The van der Waals surface area contributed by atoms with Crippen molar-refractivity contribution < 1.29 is 10.0 Å². The summed E-state index contributed by atoms with van der Waals surface area (Å²) in [5.41, 5.74) is -0.122. The third-order valence-electron chi connectivity index (χ3n) is 2.46. The highest BCUT2D eigenvalue weighted by molar-refractivity contribution is 9.10. The molecule has 1 aromatic heterocycles. The molecule has 0 aliphatic carbocycles. The Balaban J connectivity index is 3.32. The fourth-order valence-corrected chi connectivity index (χ4v) is 1.85. The van der Waals surface area contributed by atoms with Gasteiger partial charge in [-0.15, -0.1) is 0 Å². The number of hydrogen-bond donors (Lipinski definition) is 1. The summed E-state index contributed by atoms with van der Waals surface area (Å²) >= 11 is 3.06. The Labute approximate surface area is 106 Å². The topological polar surface area (TPSA) is 85.4 Å². The van der Waals surface area contributed by atoms with Crippen LogP contribution in [0.1, 0.15) is 12.5 Å². The van der Waals surface area contributed by atoms with Crippen LogP contribution in [0.15, 0.2) is 15.5 Å². The molecule has 0 radical (unpaired) electrons. The lowest BCUT2D eigenvalue weighted by molar-refractivity contribution is -0.386. The highest BCUT2D eigenvalue weighted by Crippen LogP contribution is 2.22. The van der Waals surface area contributed by atoms with Gasteiger partial charge in [0.2, 0.25) is 0 Å². The van der Waals surface area contributed by atoms with Gasteiger partial charge in [-0.3, -0.25) is 14.9 Å². The Bertz CT molecular complexity index is 498. The third-order valence-corrected chi connectivity index (χ3v) is 3.39. The number of aliphatic hydroxyl groups excluding tert-OH is 1. The number of pyridine rings is 1. The lowest BCUT2D eigenvalue weighted by Gasteiger charge is -2.12. The van der Waals surface area contributed by atoms with E-state index in [1.54, 1.807) is 6.92 Å². The molecule has 1 N–H and O–H groups in total. The second-order valence-corrected chi connectivity index (χ2v) is 4.75. The monoisotopic (exact) mass is 304 g/mol. The number of halogens is 1. The van der Waals surface area contributed by atoms with Gasteiger partial charge in [0.05, 0.1) is 15.6 Å². The quantitative estimate of drug-likeness (QED) is 0.674. The van der Waals surface area contributed by atoms with E-state index < -0.39 is 4.92 Å². The highest BCUT2D eigenvalue weighted by atomic mass is 79.9. The van der Waals surface area contributed by atoms with E-state index >= 15 is 0 Å². The van der Waals surface area contributed by atoms with Crippen molar-refractivity contribution in [2.24, 2.45) is 5.92 Å². The first-order chi connectivity index (χ1) is 7.88. The van der Waals surface area contributed by atoms with Crippen molar-refractivity contribution in [1.82, 2.24) is 4.57 Å². The second-order valence-electron chi connectivity index (χ2n) is 3.96. The van der Waals surface area contributed by atoms with Crippen LogP contribution in [0.4, 0.5) is 5.69 Å². The zero-order chi connectivity index (χ0) is 13.2. The molecule has 1 heterocycles. The first-order valence-electron chi connectivity index (χ1n) is 5.03. The fraction of sp³-hybridized carbons (Fsp3) is 0.500. The highest BCUT2D eigenvalue weighted by Gasteiger charge is 2.19. The predicted molar refractivity (Wildman–Crippen MR) is 66.0 cm³/mol. The van der Waals surface area contributed by atoms with E-state index in [-0.39, 0.29) is 34.8 Å². The first-order valence-corrected chi connectivity index (χ1v) is 5.82. The molecule has 94 valence electrons. The van der Waals surface area contributed by atoms with Crippen LogP contribution in [-0.4, -0.2) is 21.2 Å². The van der Waals surface area contributed by atoms with Crippen LogP contribution in [-0.2, 0) is 6.54 Å². The van der Waals surface area contributed by atoms with Gasteiger partial charge < -0.3 is 9.67 Å². The van der Waals surface area contributed by atoms with E-state index in [1.165, 1.54) is 17.7 Å². The largest absolute Gasteiger partial charge is 0.396 e. The van der Waals surface area contributed by atoms with E-state index in [4.69, 9.17) is 5.11 Å². The molecule has 0 aliphatic heterocycles. The van der Waals surface area contributed by atoms with Crippen LogP contribution >= 0.6 is 15.9 Å². The third kappa shape index (κ3) is 2.92. The average molecular weight is 305 g/mol. The first kappa shape index (κ1) is 13.9. The van der Waals surface area contributed by atoms with Crippen molar-refractivity contribution in [3.05, 3.63) is 36.7 Å². The minimum atomic E-state index is -0.528. The van der Waals surface area contributed by atoms with E-state index in [2.05, 4.69) is 15.9 Å². The van der Waals surface area contributed by atoms with E-state index in [0.29, 0.717) is 5.56 Å². The minimum absolute atomic E-state index is 0.0776. The molecule has 1 aromatic rings. The number of nitro groups is 1. The second kappa shape index (κ2) is 5.42. The zero-order valence-electron chi connectivity index (χ0n) is 9.51. The van der Waals surface area contributed by atoms with Gasteiger partial charge in [0.1, 0.15) is 0 Å². The lowest BCUT2D eigenvalue weighted by Crippen LogP contribution is -2.25. The predicted octanol–water partition coefficient (Wildman–Crippen LogP) is 1.46. The standard InChI is InChI=1S/C10H13BrN2O4/c1-6(5-14)3-12-4-8(13(16)17)7(2)9(11)10(12)15/h4,6,14H,3,5H2,1-2H3.